The molecule has 0 spiro atoms. The van der Waals surface area contributed by atoms with E-state index in [1.807, 2.05) is 95.5 Å². The zero-order valence-electron chi connectivity index (χ0n) is 50.3. The Morgan fingerprint density at radius 3 is 0.915 bits per heavy atom. The first-order chi connectivity index (χ1) is 46.6. The lowest BCUT2D eigenvalue weighted by atomic mass is 9.94. The maximum atomic E-state index is 5.31. The highest BCUT2D eigenvalue weighted by Gasteiger charge is 2.25. The van der Waals surface area contributed by atoms with E-state index in [0.29, 0.717) is 34.9 Å². The van der Waals surface area contributed by atoms with Crippen LogP contribution in [0.1, 0.15) is 0 Å². The van der Waals surface area contributed by atoms with E-state index >= 15 is 0 Å². The van der Waals surface area contributed by atoms with Gasteiger partial charge in [-0.15, -0.1) is 22.7 Å². The van der Waals surface area contributed by atoms with Gasteiger partial charge >= 0.3 is 0 Å². The molecule has 0 aliphatic rings. The summed E-state index contributed by atoms with van der Waals surface area (Å²) < 4.78 is 10.0. The molecule has 0 N–H and O–H groups in total. The molecule has 6 aromatic heterocycles. The van der Waals surface area contributed by atoms with Gasteiger partial charge in [0, 0.05) is 106 Å². The second-order valence-corrected chi connectivity index (χ2v) is 25.8. The van der Waals surface area contributed by atoms with Gasteiger partial charge in [-0.2, -0.15) is 0 Å². The van der Waals surface area contributed by atoms with E-state index in [0.717, 1.165) is 89.1 Å². The van der Waals surface area contributed by atoms with Gasteiger partial charge in [-0.25, -0.2) is 29.9 Å². The quantitative estimate of drug-likeness (QED) is 0.136. The number of benzene rings is 13. The molecule has 0 aliphatic heterocycles. The number of thiophene rings is 2. The van der Waals surface area contributed by atoms with Crippen LogP contribution in [0.4, 0.5) is 0 Å². The lowest BCUT2D eigenvalue weighted by Gasteiger charge is -2.19. The predicted octanol–water partition coefficient (Wildman–Crippen LogP) is 22.3. The highest BCUT2D eigenvalue weighted by Crippen LogP contribution is 2.48. The minimum Gasteiger partial charge on any atom is -0.309 e. The van der Waals surface area contributed by atoms with Gasteiger partial charge in [-0.3, -0.25) is 0 Å². The van der Waals surface area contributed by atoms with E-state index < -0.39 is 0 Å². The smallest absolute Gasteiger partial charge is 0.164 e. The molecule has 438 valence electrons. The zero-order chi connectivity index (χ0) is 61.8. The third-order valence-corrected chi connectivity index (χ3v) is 20.6. The molecule has 19 aromatic rings. The van der Waals surface area contributed by atoms with E-state index in [2.05, 4.69) is 240 Å². The Labute approximate surface area is 547 Å². The SMILES string of the molecule is c1ccc(-c2nc(-c3ccccc3)nc(-c3ccc(-n4c5ccccc5c5c6sc7ccccc7c6ccc54)c(-c4cccc(-c5cc(-c6nc(-c7ccccc7)nc(-c7ccccc7)n6)ccc5-n5c6ccccc6c6c7sc8ccccc8c7ccc65)c4)c3)n2)cc1. The minimum absolute atomic E-state index is 0.571. The Kier molecular flexibility index (Phi) is 12.5. The molecular weight excluding hydrogens is 1190 g/mol. The summed E-state index contributed by atoms with van der Waals surface area (Å²) in [5, 5.41) is 9.92. The number of fused-ring (bicyclic) bond motifs is 14. The number of aromatic nitrogens is 8. The maximum absolute atomic E-state index is 5.31. The first-order valence-corrected chi connectivity index (χ1v) is 33.0. The average Bonchev–Trinajstić information content (AvgIpc) is 1.56. The van der Waals surface area contributed by atoms with Crippen molar-refractivity contribution in [3.63, 3.8) is 0 Å². The summed E-state index contributed by atoms with van der Waals surface area (Å²) in [7, 11) is 0. The van der Waals surface area contributed by atoms with Gasteiger partial charge in [-0.1, -0.05) is 224 Å². The topological polar surface area (TPSA) is 87.2 Å². The Balaban J connectivity index is 0.880. The van der Waals surface area contributed by atoms with Crippen LogP contribution in [0.25, 0.3) is 186 Å². The van der Waals surface area contributed by atoms with Crippen molar-refractivity contribution in [2.75, 3.05) is 0 Å². The molecule has 0 saturated carbocycles. The largest absolute Gasteiger partial charge is 0.309 e. The molecule has 0 radical (unpaired) electrons. The molecule has 0 bridgehead atoms. The molecule has 0 unspecified atom stereocenters. The fraction of sp³-hybridized carbons (Fsp3) is 0. The fourth-order valence-corrected chi connectivity index (χ4v) is 16.4. The fourth-order valence-electron chi connectivity index (χ4n) is 13.9. The normalized spacial score (nSPS) is 11.8. The predicted molar refractivity (Wildman–Crippen MR) is 391 cm³/mol. The summed E-state index contributed by atoms with van der Waals surface area (Å²) in [6, 6.07) is 108. The Hall–Kier alpha value is -12.1. The molecule has 0 atom stereocenters. The van der Waals surface area contributed by atoms with Crippen LogP contribution < -0.4 is 0 Å². The van der Waals surface area contributed by atoms with Gasteiger partial charge in [0.15, 0.2) is 34.9 Å². The number of nitrogens with zero attached hydrogens (tertiary/aromatic N) is 8. The van der Waals surface area contributed by atoms with Gasteiger partial charge in [0.05, 0.1) is 33.4 Å². The van der Waals surface area contributed by atoms with E-state index in [9.17, 15) is 0 Å². The maximum Gasteiger partial charge on any atom is 0.164 e. The van der Waals surface area contributed by atoms with Crippen molar-refractivity contribution in [3.05, 3.63) is 303 Å². The van der Waals surface area contributed by atoms with Crippen LogP contribution in [-0.2, 0) is 0 Å². The van der Waals surface area contributed by atoms with Crippen molar-refractivity contribution < 1.29 is 0 Å². The van der Waals surface area contributed by atoms with Crippen molar-refractivity contribution in [3.8, 4) is 102 Å². The van der Waals surface area contributed by atoms with E-state index in [-0.39, 0.29) is 0 Å². The number of rotatable bonds is 10. The van der Waals surface area contributed by atoms with Crippen LogP contribution in [0.3, 0.4) is 0 Å². The number of para-hydroxylation sites is 2. The summed E-state index contributed by atoms with van der Waals surface area (Å²) in [5.41, 5.74) is 15.9. The summed E-state index contributed by atoms with van der Waals surface area (Å²) in [6.45, 7) is 0. The summed E-state index contributed by atoms with van der Waals surface area (Å²) in [5.74, 6) is 3.54. The van der Waals surface area contributed by atoms with Crippen molar-refractivity contribution >= 4 is 107 Å². The van der Waals surface area contributed by atoms with Crippen molar-refractivity contribution in [2.24, 2.45) is 0 Å². The van der Waals surface area contributed by atoms with Gasteiger partial charge in [0.1, 0.15) is 0 Å². The van der Waals surface area contributed by atoms with Crippen LogP contribution in [0.15, 0.2) is 303 Å². The van der Waals surface area contributed by atoms with Crippen molar-refractivity contribution in [2.45, 2.75) is 0 Å². The van der Waals surface area contributed by atoms with Crippen LogP contribution >= 0.6 is 22.7 Å². The molecule has 10 heteroatoms. The van der Waals surface area contributed by atoms with Crippen molar-refractivity contribution in [1.29, 1.82) is 0 Å². The first kappa shape index (κ1) is 53.7. The first-order valence-electron chi connectivity index (χ1n) is 31.4. The molecule has 13 aromatic carbocycles. The molecule has 0 amide bonds. The highest BCUT2D eigenvalue weighted by atomic mass is 32.1. The van der Waals surface area contributed by atoms with E-state index in [1.54, 1.807) is 0 Å². The average molecular weight is 1240 g/mol. The molecule has 0 saturated heterocycles. The molecule has 0 fully saturated rings. The summed E-state index contributed by atoms with van der Waals surface area (Å²) in [4.78, 5) is 31.5. The Morgan fingerprint density at radius 2 is 0.532 bits per heavy atom. The van der Waals surface area contributed by atoms with Crippen LogP contribution in [0.5, 0.6) is 0 Å². The molecule has 0 aliphatic carbocycles. The minimum atomic E-state index is 0.571. The van der Waals surface area contributed by atoms with Gasteiger partial charge in [0.2, 0.25) is 0 Å². The Bertz CT molecular complexity index is 5740. The van der Waals surface area contributed by atoms with Crippen LogP contribution in [-0.4, -0.2) is 39.0 Å². The van der Waals surface area contributed by atoms with Crippen LogP contribution in [0, 0.1) is 0 Å². The van der Waals surface area contributed by atoms with Crippen molar-refractivity contribution in [1.82, 2.24) is 39.0 Å². The van der Waals surface area contributed by atoms with Gasteiger partial charge in [0.25, 0.3) is 0 Å². The van der Waals surface area contributed by atoms with E-state index in [1.165, 1.54) is 61.9 Å². The number of hydrogen-bond acceptors (Lipinski definition) is 8. The van der Waals surface area contributed by atoms with E-state index in [4.69, 9.17) is 29.9 Å². The summed E-state index contributed by atoms with van der Waals surface area (Å²) in [6.07, 6.45) is 0. The lowest BCUT2D eigenvalue weighted by molar-refractivity contribution is 1.07. The van der Waals surface area contributed by atoms with Crippen LogP contribution in [0.2, 0.25) is 0 Å². The Morgan fingerprint density at radius 1 is 0.213 bits per heavy atom. The molecule has 6 heterocycles. The number of hydrogen-bond donors (Lipinski definition) is 0. The molecular formula is C84H50N8S2. The molecule has 19 rings (SSSR count). The standard InChI is InChI=1S/C84H50N8S2/c1-5-22-51(23-6-1)79-85-80(52-24-7-2-8-25-52)88-83(87-79)57-40-44-69(91-67-36-17-13-34-63(67)75-71(91)46-42-61-59-32-15-19-38-73(59)93-77(61)75)65(49-57)55-30-21-31-56(48-55)66-50-58(84-89-81(53-26-9-3-10-27-53)86-82(90-84)54-28-11-4-12-29-54)41-45-70(66)92-68-37-18-14-35-64(68)76-72(92)47-43-62-60-33-16-20-39-74(60)94-78(62)76/h1-50H. The third kappa shape index (κ3) is 8.79. The monoisotopic (exact) mass is 1230 g/mol. The zero-order valence-corrected chi connectivity index (χ0v) is 51.9. The van der Waals surface area contributed by atoms with Gasteiger partial charge < -0.3 is 9.13 Å². The second-order valence-electron chi connectivity index (χ2n) is 23.7. The highest BCUT2D eigenvalue weighted by molar-refractivity contribution is 7.27. The lowest BCUT2D eigenvalue weighted by Crippen LogP contribution is -2.02. The third-order valence-electron chi connectivity index (χ3n) is 18.2. The molecule has 8 nitrogen and oxygen atoms in total. The molecule has 94 heavy (non-hydrogen) atoms. The van der Waals surface area contributed by atoms with Gasteiger partial charge in [-0.05, 0) is 90.0 Å². The second kappa shape index (κ2) is 21.8. The summed E-state index contributed by atoms with van der Waals surface area (Å²) >= 11 is 3.73.